The lowest BCUT2D eigenvalue weighted by molar-refractivity contribution is -0.00546. The standard InChI is InChI=1S/C24H23ClN6O2/c1-14-12-31(13-15(2)33-14)21-8-7-16(10-26-21)24(32)28-17-9-18(22(25)27-11-17)23-29-19-5-3-4-6-20(19)30-23/h3-11,14-15H,12-13H2,1-2H3,(H,28,32)(H,29,30)/t14-,15+. The van der Waals surface area contributed by atoms with Crippen LogP contribution in [0.4, 0.5) is 11.5 Å². The first kappa shape index (κ1) is 21.4. The van der Waals surface area contributed by atoms with Crippen molar-refractivity contribution in [3.63, 3.8) is 0 Å². The van der Waals surface area contributed by atoms with Gasteiger partial charge in [-0.3, -0.25) is 4.79 Å². The zero-order valence-corrected chi connectivity index (χ0v) is 19.0. The maximum atomic E-state index is 12.8. The number of ether oxygens (including phenoxy) is 1. The van der Waals surface area contributed by atoms with Crippen LogP contribution in [0.15, 0.2) is 54.9 Å². The van der Waals surface area contributed by atoms with E-state index in [0.29, 0.717) is 27.8 Å². The van der Waals surface area contributed by atoms with Crippen LogP contribution in [-0.4, -0.2) is 51.1 Å². The van der Waals surface area contributed by atoms with E-state index in [1.807, 2.05) is 44.2 Å². The number of aromatic amines is 1. The Balaban J connectivity index is 1.33. The Morgan fingerprint density at radius 1 is 1.12 bits per heavy atom. The van der Waals surface area contributed by atoms with Crippen LogP contribution in [0, 0.1) is 0 Å². The number of para-hydroxylation sites is 2. The largest absolute Gasteiger partial charge is 0.372 e. The van der Waals surface area contributed by atoms with E-state index in [2.05, 4.69) is 30.2 Å². The van der Waals surface area contributed by atoms with Crippen LogP contribution in [0.5, 0.6) is 0 Å². The van der Waals surface area contributed by atoms with Crippen molar-refractivity contribution in [3.8, 4) is 11.4 Å². The van der Waals surface area contributed by atoms with Crippen LogP contribution in [0.1, 0.15) is 24.2 Å². The first-order chi connectivity index (χ1) is 16.0. The summed E-state index contributed by atoms with van der Waals surface area (Å²) in [6.07, 6.45) is 3.37. The van der Waals surface area contributed by atoms with Gasteiger partial charge in [-0.15, -0.1) is 0 Å². The molecule has 168 valence electrons. The molecule has 0 unspecified atom stereocenters. The number of aromatic nitrogens is 4. The van der Waals surface area contributed by atoms with E-state index >= 15 is 0 Å². The minimum atomic E-state index is -0.280. The molecule has 1 aromatic carbocycles. The summed E-state index contributed by atoms with van der Waals surface area (Å²) in [6, 6.07) is 13.1. The fourth-order valence-corrected chi connectivity index (χ4v) is 4.23. The molecule has 0 bridgehead atoms. The highest BCUT2D eigenvalue weighted by atomic mass is 35.5. The van der Waals surface area contributed by atoms with E-state index in [1.54, 1.807) is 18.3 Å². The highest BCUT2D eigenvalue weighted by Gasteiger charge is 2.23. The van der Waals surface area contributed by atoms with Crippen LogP contribution in [0.2, 0.25) is 5.15 Å². The monoisotopic (exact) mass is 462 g/mol. The SMILES string of the molecule is C[C@@H]1CN(c2ccc(C(=O)Nc3cnc(Cl)c(-c4nc5ccccc5[nH]4)c3)cn2)C[C@H](C)O1. The number of hydrogen-bond donors (Lipinski definition) is 2. The Morgan fingerprint density at radius 2 is 1.91 bits per heavy atom. The number of carbonyl (C=O) groups excluding carboxylic acids is 1. The smallest absolute Gasteiger partial charge is 0.257 e. The second-order valence-corrected chi connectivity index (χ2v) is 8.54. The summed E-state index contributed by atoms with van der Waals surface area (Å²) in [6.45, 7) is 5.63. The quantitative estimate of drug-likeness (QED) is 0.432. The molecule has 33 heavy (non-hydrogen) atoms. The molecule has 0 aliphatic carbocycles. The molecule has 8 nitrogen and oxygen atoms in total. The number of fused-ring (bicyclic) bond motifs is 1. The number of morpholine rings is 1. The van der Waals surface area contributed by atoms with E-state index in [9.17, 15) is 4.79 Å². The lowest BCUT2D eigenvalue weighted by Crippen LogP contribution is -2.45. The van der Waals surface area contributed by atoms with Gasteiger partial charge < -0.3 is 19.9 Å². The molecule has 0 spiro atoms. The summed E-state index contributed by atoms with van der Waals surface area (Å²) >= 11 is 6.32. The van der Waals surface area contributed by atoms with Gasteiger partial charge in [-0.1, -0.05) is 23.7 Å². The summed E-state index contributed by atoms with van der Waals surface area (Å²) in [5, 5.41) is 3.17. The van der Waals surface area contributed by atoms with Crippen LogP contribution >= 0.6 is 11.6 Å². The minimum absolute atomic E-state index is 0.136. The van der Waals surface area contributed by atoms with Gasteiger partial charge in [0.2, 0.25) is 0 Å². The summed E-state index contributed by atoms with van der Waals surface area (Å²) < 4.78 is 5.78. The van der Waals surface area contributed by atoms with E-state index in [4.69, 9.17) is 16.3 Å². The zero-order valence-electron chi connectivity index (χ0n) is 18.2. The molecule has 1 aliphatic rings. The third-order valence-corrected chi connectivity index (χ3v) is 5.80. The first-order valence-electron chi connectivity index (χ1n) is 10.7. The predicted molar refractivity (Wildman–Crippen MR) is 129 cm³/mol. The molecule has 0 saturated carbocycles. The molecule has 2 atom stereocenters. The van der Waals surface area contributed by atoms with Gasteiger partial charge in [0, 0.05) is 19.3 Å². The number of nitrogens with one attached hydrogen (secondary N) is 2. The van der Waals surface area contributed by atoms with E-state index in [1.165, 1.54) is 6.20 Å². The van der Waals surface area contributed by atoms with Crippen molar-refractivity contribution in [2.24, 2.45) is 0 Å². The van der Waals surface area contributed by atoms with Crippen molar-refractivity contribution in [2.75, 3.05) is 23.3 Å². The van der Waals surface area contributed by atoms with E-state index < -0.39 is 0 Å². The fourth-order valence-electron chi connectivity index (χ4n) is 4.04. The molecule has 9 heteroatoms. The zero-order chi connectivity index (χ0) is 22.9. The van der Waals surface area contributed by atoms with Crippen molar-refractivity contribution >= 4 is 40.0 Å². The molecular weight excluding hydrogens is 440 g/mol. The molecule has 1 fully saturated rings. The highest BCUT2D eigenvalue weighted by molar-refractivity contribution is 6.32. The second kappa shape index (κ2) is 8.80. The maximum Gasteiger partial charge on any atom is 0.257 e. The topological polar surface area (TPSA) is 96.0 Å². The Bertz CT molecular complexity index is 1260. The number of hydrogen-bond acceptors (Lipinski definition) is 6. The lowest BCUT2D eigenvalue weighted by Gasteiger charge is -2.36. The molecule has 2 N–H and O–H groups in total. The van der Waals surface area contributed by atoms with Crippen LogP contribution < -0.4 is 10.2 Å². The first-order valence-corrected chi connectivity index (χ1v) is 11.1. The van der Waals surface area contributed by atoms with Gasteiger partial charge in [0.15, 0.2) is 0 Å². The maximum absolute atomic E-state index is 12.8. The van der Waals surface area contributed by atoms with Crippen molar-refractivity contribution in [3.05, 3.63) is 65.6 Å². The molecule has 3 aromatic heterocycles. The Morgan fingerprint density at radius 3 is 2.64 bits per heavy atom. The molecule has 4 aromatic rings. The predicted octanol–water partition coefficient (Wildman–Crippen LogP) is 4.54. The number of amides is 1. The molecule has 0 radical (unpaired) electrons. The van der Waals surface area contributed by atoms with E-state index in [0.717, 1.165) is 29.9 Å². The number of rotatable bonds is 4. The number of carbonyl (C=O) groups is 1. The Labute approximate surface area is 196 Å². The minimum Gasteiger partial charge on any atom is -0.372 e. The number of benzene rings is 1. The number of pyridine rings is 2. The fraction of sp³-hybridized carbons (Fsp3) is 0.250. The number of halogens is 1. The lowest BCUT2D eigenvalue weighted by atomic mass is 10.2. The summed E-state index contributed by atoms with van der Waals surface area (Å²) in [7, 11) is 0. The van der Waals surface area contributed by atoms with Crippen LogP contribution in [-0.2, 0) is 4.74 Å². The second-order valence-electron chi connectivity index (χ2n) is 8.19. The Hall–Kier alpha value is -3.49. The third-order valence-electron chi connectivity index (χ3n) is 5.50. The average molecular weight is 463 g/mol. The van der Waals surface area contributed by atoms with Gasteiger partial charge in [0.1, 0.15) is 16.8 Å². The third kappa shape index (κ3) is 4.53. The van der Waals surface area contributed by atoms with Gasteiger partial charge in [-0.05, 0) is 44.2 Å². The number of imidazole rings is 1. The molecule has 1 aliphatic heterocycles. The number of H-pyrrole nitrogens is 1. The average Bonchev–Trinajstić information content (AvgIpc) is 3.24. The summed E-state index contributed by atoms with van der Waals surface area (Å²) in [5.74, 6) is 1.14. The van der Waals surface area contributed by atoms with Crippen molar-refractivity contribution in [1.82, 2.24) is 19.9 Å². The summed E-state index contributed by atoms with van der Waals surface area (Å²) in [4.78, 5) is 31.5. The van der Waals surface area contributed by atoms with Gasteiger partial charge in [0.25, 0.3) is 5.91 Å². The molecular formula is C24H23ClN6O2. The van der Waals surface area contributed by atoms with Crippen molar-refractivity contribution < 1.29 is 9.53 Å². The van der Waals surface area contributed by atoms with Gasteiger partial charge >= 0.3 is 0 Å². The molecule has 1 saturated heterocycles. The van der Waals surface area contributed by atoms with Gasteiger partial charge in [-0.2, -0.15) is 0 Å². The number of anilines is 2. The van der Waals surface area contributed by atoms with Crippen LogP contribution in [0.25, 0.3) is 22.4 Å². The summed E-state index contributed by atoms with van der Waals surface area (Å²) in [5.41, 5.74) is 3.30. The molecule has 4 heterocycles. The van der Waals surface area contributed by atoms with Crippen molar-refractivity contribution in [1.29, 1.82) is 0 Å². The Kier molecular flexibility index (Phi) is 5.70. The number of nitrogens with zero attached hydrogens (tertiary/aromatic N) is 4. The van der Waals surface area contributed by atoms with Gasteiger partial charge in [0.05, 0.1) is 46.3 Å². The molecule has 1 amide bonds. The van der Waals surface area contributed by atoms with Crippen molar-refractivity contribution in [2.45, 2.75) is 26.1 Å². The van der Waals surface area contributed by atoms with Crippen LogP contribution in [0.3, 0.4) is 0 Å². The normalized spacial score (nSPS) is 18.5. The highest BCUT2D eigenvalue weighted by Crippen LogP contribution is 2.28. The molecule has 5 rings (SSSR count). The van der Waals surface area contributed by atoms with E-state index in [-0.39, 0.29) is 18.1 Å². The van der Waals surface area contributed by atoms with Gasteiger partial charge in [-0.25, -0.2) is 15.0 Å².